The normalized spacial score (nSPS) is 25.7. The summed E-state index contributed by atoms with van der Waals surface area (Å²) in [6.07, 6.45) is 4.50. The van der Waals surface area contributed by atoms with E-state index in [9.17, 15) is 13.6 Å². The first-order chi connectivity index (χ1) is 10.6. The molecule has 6 nitrogen and oxygen atoms in total. The van der Waals surface area contributed by atoms with Crippen LogP contribution in [0.2, 0.25) is 0 Å². The Bertz CT molecular complexity index is 529. The molecule has 2 saturated heterocycles. The molecule has 2 N–H and O–H groups in total. The quantitative estimate of drug-likeness (QED) is 0.864. The lowest BCUT2D eigenvalue weighted by atomic mass is 9.99. The summed E-state index contributed by atoms with van der Waals surface area (Å²) in [6.45, 7) is -0.0893. The Morgan fingerprint density at radius 3 is 3.09 bits per heavy atom. The molecule has 8 heteroatoms. The van der Waals surface area contributed by atoms with Gasteiger partial charge in [-0.15, -0.1) is 0 Å². The van der Waals surface area contributed by atoms with Crippen LogP contribution in [-0.2, 0) is 4.74 Å². The highest BCUT2D eigenvalue weighted by molar-refractivity contribution is 5.95. The number of amides is 1. The highest BCUT2D eigenvalue weighted by Gasteiger charge is 2.37. The number of H-pyrrole nitrogens is 1. The Morgan fingerprint density at radius 1 is 1.45 bits per heavy atom. The van der Waals surface area contributed by atoms with Gasteiger partial charge in [0.15, 0.2) is 0 Å². The van der Waals surface area contributed by atoms with Gasteiger partial charge in [0.05, 0.1) is 30.6 Å². The molecule has 1 unspecified atom stereocenters. The number of ether oxygens (including phenoxy) is 1. The number of hydrogen-bond donors (Lipinski definition) is 2. The summed E-state index contributed by atoms with van der Waals surface area (Å²) in [7, 11) is 0. The lowest BCUT2D eigenvalue weighted by Gasteiger charge is -2.26. The van der Waals surface area contributed by atoms with Crippen molar-refractivity contribution in [1.82, 2.24) is 20.4 Å². The number of nitrogens with zero attached hydrogens (tertiary/aromatic N) is 2. The Kier molecular flexibility index (Phi) is 4.39. The van der Waals surface area contributed by atoms with Crippen LogP contribution in [-0.4, -0.2) is 59.8 Å². The molecular formula is C14H20F2N4O2. The molecule has 3 heterocycles. The smallest absolute Gasteiger partial charge is 0.288 e. The van der Waals surface area contributed by atoms with Gasteiger partial charge < -0.3 is 15.0 Å². The van der Waals surface area contributed by atoms with Crippen molar-refractivity contribution < 1.29 is 18.3 Å². The van der Waals surface area contributed by atoms with E-state index in [2.05, 4.69) is 15.5 Å². The lowest BCUT2D eigenvalue weighted by Crippen LogP contribution is -2.41. The van der Waals surface area contributed by atoms with Gasteiger partial charge in [0.25, 0.3) is 11.8 Å². The van der Waals surface area contributed by atoms with Crippen molar-refractivity contribution in [2.45, 2.75) is 31.2 Å². The second-order valence-electron chi connectivity index (χ2n) is 5.84. The molecule has 2 fully saturated rings. The fourth-order valence-electron chi connectivity index (χ4n) is 2.97. The van der Waals surface area contributed by atoms with Crippen molar-refractivity contribution in [3.05, 3.63) is 17.5 Å². The molecule has 0 spiro atoms. The second kappa shape index (κ2) is 6.29. The molecule has 0 radical (unpaired) electrons. The summed E-state index contributed by atoms with van der Waals surface area (Å²) in [6, 6.07) is 0.0268. The number of carbonyl (C=O) groups excluding carboxylic acids is 1. The number of piperidine rings is 1. The number of aromatic amines is 1. The average molecular weight is 314 g/mol. The van der Waals surface area contributed by atoms with E-state index < -0.39 is 25.0 Å². The van der Waals surface area contributed by atoms with Crippen molar-refractivity contribution in [3.63, 3.8) is 0 Å². The molecule has 0 saturated carbocycles. The van der Waals surface area contributed by atoms with E-state index in [0.717, 1.165) is 30.7 Å². The highest BCUT2D eigenvalue weighted by Crippen LogP contribution is 2.26. The van der Waals surface area contributed by atoms with Crippen LogP contribution in [0.25, 0.3) is 0 Å². The van der Waals surface area contributed by atoms with Crippen LogP contribution < -0.4 is 5.32 Å². The molecule has 2 aliphatic heterocycles. The van der Waals surface area contributed by atoms with Crippen LogP contribution >= 0.6 is 0 Å². The molecule has 1 atom stereocenters. The standard InChI is InChI=1S/C14H20F2N4O2/c15-14(16)8-20(5-6-22-9-14)13(21)10-7-18-19-12(10)11-3-1-2-4-17-11/h7,11,17H,1-6,8-9H2,(H,18,19). The summed E-state index contributed by atoms with van der Waals surface area (Å²) < 4.78 is 32.1. The summed E-state index contributed by atoms with van der Waals surface area (Å²) in [5, 5.41) is 10.1. The zero-order chi connectivity index (χ0) is 15.6. The van der Waals surface area contributed by atoms with Crippen LogP contribution in [0.15, 0.2) is 6.20 Å². The van der Waals surface area contributed by atoms with Gasteiger partial charge in [-0.1, -0.05) is 6.42 Å². The molecule has 3 rings (SSSR count). The van der Waals surface area contributed by atoms with E-state index in [1.165, 1.54) is 6.20 Å². The van der Waals surface area contributed by atoms with Crippen molar-refractivity contribution >= 4 is 5.91 Å². The van der Waals surface area contributed by atoms with E-state index in [1.807, 2.05) is 0 Å². The summed E-state index contributed by atoms with van der Waals surface area (Å²) in [4.78, 5) is 13.8. The minimum absolute atomic E-state index is 0.0268. The van der Waals surface area contributed by atoms with Gasteiger partial charge in [0.1, 0.15) is 6.61 Å². The SMILES string of the molecule is O=C(c1cn[nH]c1C1CCCCN1)N1CCOCC(F)(F)C1. The minimum Gasteiger partial charge on any atom is -0.373 e. The number of hydrogen-bond acceptors (Lipinski definition) is 4. The Hall–Kier alpha value is -1.54. The highest BCUT2D eigenvalue weighted by atomic mass is 19.3. The van der Waals surface area contributed by atoms with E-state index in [1.54, 1.807) is 0 Å². The predicted molar refractivity (Wildman–Crippen MR) is 74.9 cm³/mol. The molecule has 0 aromatic carbocycles. The Balaban J connectivity index is 1.78. The van der Waals surface area contributed by atoms with Gasteiger partial charge in [-0.05, 0) is 19.4 Å². The number of halogens is 2. The van der Waals surface area contributed by atoms with Crippen molar-refractivity contribution in [2.24, 2.45) is 0 Å². The fraction of sp³-hybridized carbons (Fsp3) is 0.714. The van der Waals surface area contributed by atoms with E-state index in [-0.39, 0.29) is 19.2 Å². The summed E-state index contributed by atoms with van der Waals surface area (Å²) in [5.41, 5.74) is 1.07. The van der Waals surface area contributed by atoms with Gasteiger partial charge in [-0.3, -0.25) is 9.89 Å². The minimum atomic E-state index is -3.01. The van der Waals surface area contributed by atoms with Crippen LogP contribution in [0, 0.1) is 0 Å². The maximum absolute atomic E-state index is 13.6. The second-order valence-corrected chi connectivity index (χ2v) is 5.84. The molecule has 0 bridgehead atoms. The topological polar surface area (TPSA) is 70.2 Å². The largest absolute Gasteiger partial charge is 0.373 e. The molecule has 1 aromatic rings. The van der Waals surface area contributed by atoms with Gasteiger partial charge in [0.2, 0.25) is 0 Å². The fourth-order valence-corrected chi connectivity index (χ4v) is 2.97. The van der Waals surface area contributed by atoms with Gasteiger partial charge in [-0.2, -0.15) is 5.10 Å². The predicted octanol–water partition coefficient (Wildman–Crippen LogP) is 1.33. The third-order valence-corrected chi connectivity index (χ3v) is 4.09. The first kappa shape index (κ1) is 15.4. The monoisotopic (exact) mass is 314 g/mol. The van der Waals surface area contributed by atoms with Crippen LogP contribution in [0.3, 0.4) is 0 Å². The Labute approximate surface area is 127 Å². The van der Waals surface area contributed by atoms with Crippen molar-refractivity contribution in [2.75, 3.05) is 32.8 Å². The molecule has 122 valence electrons. The van der Waals surface area contributed by atoms with Crippen LogP contribution in [0.1, 0.15) is 41.4 Å². The third-order valence-electron chi connectivity index (χ3n) is 4.09. The number of nitrogens with one attached hydrogen (secondary N) is 2. The third kappa shape index (κ3) is 3.27. The van der Waals surface area contributed by atoms with Crippen LogP contribution in [0.5, 0.6) is 0 Å². The first-order valence-corrected chi connectivity index (χ1v) is 7.58. The summed E-state index contributed by atoms with van der Waals surface area (Å²) >= 11 is 0. The van der Waals surface area contributed by atoms with Crippen molar-refractivity contribution in [1.29, 1.82) is 0 Å². The average Bonchev–Trinajstić information content (AvgIpc) is 2.92. The zero-order valence-corrected chi connectivity index (χ0v) is 12.3. The zero-order valence-electron chi connectivity index (χ0n) is 12.3. The van der Waals surface area contributed by atoms with Gasteiger partial charge >= 0.3 is 0 Å². The molecule has 22 heavy (non-hydrogen) atoms. The van der Waals surface area contributed by atoms with E-state index in [0.29, 0.717) is 11.3 Å². The maximum atomic E-state index is 13.6. The molecule has 1 amide bonds. The van der Waals surface area contributed by atoms with Crippen molar-refractivity contribution in [3.8, 4) is 0 Å². The molecule has 1 aromatic heterocycles. The summed E-state index contributed by atoms with van der Waals surface area (Å²) in [5.74, 6) is -3.43. The first-order valence-electron chi connectivity index (χ1n) is 7.58. The Morgan fingerprint density at radius 2 is 2.32 bits per heavy atom. The number of aromatic nitrogens is 2. The molecule has 2 aliphatic rings. The van der Waals surface area contributed by atoms with E-state index in [4.69, 9.17) is 4.74 Å². The molecular weight excluding hydrogens is 294 g/mol. The van der Waals surface area contributed by atoms with Gasteiger partial charge in [0, 0.05) is 12.6 Å². The number of alkyl halides is 2. The maximum Gasteiger partial charge on any atom is 0.288 e. The number of rotatable bonds is 2. The van der Waals surface area contributed by atoms with Gasteiger partial charge in [-0.25, -0.2) is 8.78 Å². The lowest BCUT2D eigenvalue weighted by molar-refractivity contribution is -0.0660. The molecule has 0 aliphatic carbocycles. The van der Waals surface area contributed by atoms with Crippen LogP contribution in [0.4, 0.5) is 8.78 Å². The van der Waals surface area contributed by atoms with E-state index >= 15 is 0 Å². The number of carbonyl (C=O) groups is 1.